The largest absolute Gasteiger partial charge is 0.439 e. The number of rotatable bonds is 5. The van der Waals surface area contributed by atoms with Crippen LogP contribution in [0.1, 0.15) is 12.8 Å². The summed E-state index contributed by atoms with van der Waals surface area (Å²) in [6, 6.07) is 31.4. The van der Waals surface area contributed by atoms with Crippen molar-refractivity contribution in [2.75, 3.05) is 12.3 Å². The van der Waals surface area contributed by atoms with E-state index in [0.29, 0.717) is 30.9 Å². The molecule has 34 heavy (non-hydrogen) atoms. The van der Waals surface area contributed by atoms with Crippen LogP contribution >= 0.6 is 15.1 Å². The van der Waals surface area contributed by atoms with E-state index in [1.165, 1.54) is 0 Å². The van der Waals surface area contributed by atoms with E-state index >= 15 is 0 Å². The number of fused-ring (bicyclic) bond motifs is 6. The molecule has 2 aliphatic heterocycles. The van der Waals surface area contributed by atoms with E-state index in [1.54, 1.807) is 0 Å². The highest BCUT2D eigenvalue weighted by Gasteiger charge is 2.48. The molecule has 1 N–H and O–H groups in total. The third-order valence-electron chi connectivity index (χ3n) is 6.56. The molecule has 0 radical (unpaired) electrons. The van der Waals surface area contributed by atoms with E-state index in [0.717, 1.165) is 38.6 Å². The first kappa shape index (κ1) is 21.6. The van der Waals surface area contributed by atoms with Gasteiger partial charge in [-0.15, -0.1) is 0 Å². The Hall–Kier alpha value is -2.90. The highest BCUT2D eigenvalue weighted by atomic mass is 31.2. The van der Waals surface area contributed by atoms with Gasteiger partial charge < -0.3 is 9.05 Å². The minimum Gasteiger partial charge on any atom is -0.439 e. The molecule has 4 nitrogen and oxygen atoms in total. The number of para-hydroxylation sites is 2. The molecule has 0 amide bonds. The van der Waals surface area contributed by atoms with Crippen LogP contribution in [-0.4, -0.2) is 17.2 Å². The molecule has 0 saturated heterocycles. The summed E-state index contributed by atoms with van der Waals surface area (Å²) in [6.45, 7) is 0. The molecule has 4 aromatic rings. The fraction of sp³-hybridized carbons (Fsp3) is 0.143. The van der Waals surface area contributed by atoms with Crippen LogP contribution < -0.4 is 19.7 Å². The van der Waals surface area contributed by atoms with Crippen molar-refractivity contribution in [3.63, 3.8) is 0 Å². The van der Waals surface area contributed by atoms with E-state index in [2.05, 4.69) is 0 Å². The van der Waals surface area contributed by atoms with Gasteiger partial charge in [-0.1, -0.05) is 72.8 Å². The molecule has 0 bridgehead atoms. The highest BCUT2D eigenvalue weighted by Crippen LogP contribution is 2.61. The molecular formula is C28H25O4P2+. The minimum atomic E-state index is -3.06. The second kappa shape index (κ2) is 8.40. The van der Waals surface area contributed by atoms with Crippen LogP contribution in [0.5, 0.6) is 11.5 Å². The number of benzene rings is 4. The third kappa shape index (κ3) is 3.58. The summed E-state index contributed by atoms with van der Waals surface area (Å²) in [6.07, 6.45) is 2.30. The summed E-state index contributed by atoms with van der Waals surface area (Å²) >= 11 is 0. The molecule has 6 rings (SSSR count). The van der Waals surface area contributed by atoms with Crippen molar-refractivity contribution in [1.82, 2.24) is 0 Å². The summed E-state index contributed by atoms with van der Waals surface area (Å²) in [4.78, 5) is 11.6. The van der Waals surface area contributed by atoms with Crippen molar-refractivity contribution in [1.29, 1.82) is 0 Å². The molecular weight excluding hydrogens is 462 g/mol. The summed E-state index contributed by atoms with van der Waals surface area (Å²) in [5.41, 5.74) is 4.02. The number of hydrogen-bond donors (Lipinski definition) is 1. The molecule has 0 saturated carbocycles. The Morgan fingerprint density at radius 3 is 2.06 bits per heavy atom. The SMILES string of the molecule is O=P1(CCCC[P+]2(O)Oc3ccccc3-c3ccccc32)Oc2ccccc2-c2ccccc21. The zero-order chi connectivity index (χ0) is 23.2. The highest BCUT2D eigenvalue weighted by molar-refractivity contribution is 7.74. The molecule has 0 aliphatic carbocycles. The van der Waals surface area contributed by atoms with E-state index in [4.69, 9.17) is 9.05 Å². The molecule has 2 atom stereocenters. The fourth-order valence-corrected chi connectivity index (χ4v) is 9.82. The molecule has 0 spiro atoms. The Morgan fingerprint density at radius 1 is 0.676 bits per heavy atom. The van der Waals surface area contributed by atoms with Gasteiger partial charge in [-0.05, 0) is 42.7 Å². The third-order valence-corrected chi connectivity index (χ3v) is 11.6. The summed E-state index contributed by atoms with van der Waals surface area (Å²) < 4.78 is 26.4. The van der Waals surface area contributed by atoms with Gasteiger partial charge in [-0.25, -0.2) is 4.89 Å². The van der Waals surface area contributed by atoms with Crippen LogP contribution in [0.2, 0.25) is 0 Å². The predicted octanol–water partition coefficient (Wildman–Crippen LogP) is 6.65. The van der Waals surface area contributed by atoms with Crippen molar-refractivity contribution >= 4 is 25.7 Å². The van der Waals surface area contributed by atoms with E-state index in [1.807, 2.05) is 97.1 Å². The van der Waals surface area contributed by atoms with Gasteiger partial charge in [0.05, 0.1) is 5.30 Å². The van der Waals surface area contributed by atoms with E-state index in [-0.39, 0.29) is 0 Å². The second-order valence-corrected chi connectivity index (χ2v) is 13.7. The average molecular weight is 487 g/mol. The van der Waals surface area contributed by atoms with Crippen molar-refractivity contribution in [2.24, 2.45) is 0 Å². The van der Waals surface area contributed by atoms with Gasteiger partial charge in [0.25, 0.3) is 7.37 Å². The maximum atomic E-state index is 14.0. The normalized spacial score (nSPS) is 21.8. The summed E-state index contributed by atoms with van der Waals surface area (Å²) in [5.74, 6) is 1.41. The van der Waals surface area contributed by atoms with Gasteiger partial charge in [0.1, 0.15) is 11.9 Å². The van der Waals surface area contributed by atoms with Gasteiger partial charge in [0.2, 0.25) is 0 Å². The van der Waals surface area contributed by atoms with Crippen molar-refractivity contribution in [2.45, 2.75) is 12.8 Å². The molecule has 4 aromatic carbocycles. The summed E-state index contributed by atoms with van der Waals surface area (Å²) in [5, 5.41) is 1.67. The van der Waals surface area contributed by atoms with Crippen LogP contribution in [0, 0.1) is 0 Å². The Balaban J connectivity index is 1.22. The lowest BCUT2D eigenvalue weighted by atomic mass is 10.0. The molecule has 2 aliphatic rings. The maximum Gasteiger partial charge on any atom is 0.349 e. The molecule has 0 fully saturated rings. The topological polar surface area (TPSA) is 55.8 Å². The standard InChI is InChI=1S/C28H25O4P2/c29-33(27-17-7-3-13-23(27)21-11-1-5-15-25(21)31-33)19-9-10-20-34(30)28-18-8-4-14-24(28)22-12-2-6-16-26(22)32-34/h1-8,11-18,29H,9-10,19-20H2/q+1. The van der Waals surface area contributed by atoms with Gasteiger partial charge in [0.15, 0.2) is 11.1 Å². The molecule has 2 heterocycles. The zero-order valence-corrected chi connectivity index (χ0v) is 20.4. The smallest absolute Gasteiger partial charge is 0.349 e. The van der Waals surface area contributed by atoms with Gasteiger partial charge in [0, 0.05) is 22.9 Å². The predicted molar refractivity (Wildman–Crippen MR) is 140 cm³/mol. The summed E-state index contributed by atoms with van der Waals surface area (Å²) in [7, 11) is -5.88. The van der Waals surface area contributed by atoms with Crippen LogP contribution in [0.25, 0.3) is 22.3 Å². The van der Waals surface area contributed by atoms with Crippen molar-refractivity contribution < 1.29 is 18.5 Å². The first-order chi connectivity index (χ1) is 16.6. The molecule has 0 aromatic heterocycles. The lowest BCUT2D eigenvalue weighted by molar-refractivity contribution is 0.463. The molecule has 2 unspecified atom stereocenters. The number of unbranched alkanes of at least 4 members (excludes halogenated alkanes) is 1. The van der Waals surface area contributed by atoms with Crippen molar-refractivity contribution in [3.8, 4) is 33.8 Å². The molecule has 6 heteroatoms. The number of hydrogen-bond acceptors (Lipinski definition) is 4. The van der Waals surface area contributed by atoms with Crippen LogP contribution in [0.4, 0.5) is 0 Å². The van der Waals surface area contributed by atoms with Gasteiger partial charge in [-0.3, -0.25) is 4.57 Å². The monoisotopic (exact) mass is 487 g/mol. The van der Waals surface area contributed by atoms with Crippen LogP contribution in [0.3, 0.4) is 0 Å². The minimum absolute atomic E-state index is 0.427. The molecule has 170 valence electrons. The van der Waals surface area contributed by atoms with Crippen LogP contribution in [-0.2, 0) is 4.57 Å². The second-order valence-electron chi connectivity index (χ2n) is 8.74. The van der Waals surface area contributed by atoms with Gasteiger partial charge in [-0.2, -0.15) is 0 Å². The first-order valence-corrected chi connectivity index (χ1v) is 15.2. The lowest BCUT2D eigenvalue weighted by Crippen LogP contribution is -2.25. The maximum absolute atomic E-state index is 14.0. The Kier molecular flexibility index (Phi) is 5.34. The average Bonchev–Trinajstić information content (AvgIpc) is 2.87. The zero-order valence-electron chi connectivity index (χ0n) is 18.6. The van der Waals surface area contributed by atoms with E-state index < -0.39 is 15.1 Å². The Bertz CT molecular complexity index is 1430. The van der Waals surface area contributed by atoms with Crippen molar-refractivity contribution in [3.05, 3.63) is 97.1 Å². The van der Waals surface area contributed by atoms with Gasteiger partial charge >= 0.3 is 7.72 Å². The fourth-order valence-electron chi connectivity index (χ4n) is 4.94. The van der Waals surface area contributed by atoms with E-state index in [9.17, 15) is 9.46 Å². The first-order valence-electron chi connectivity index (χ1n) is 11.5. The quantitative estimate of drug-likeness (QED) is 0.253. The Morgan fingerprint density at radius 2 is 1.26 bits per heavy atom. The van der Waals surface area contributed by atoms with Crippen LogP contribution in [0.15, 0.2) is 97.1 Å². The lowest BCUT2D eigenvalue weighted by Gasteiger charge is -2.29. The Labute approximate surface area is 200 Å².